The van der Waals surface area contributed by atoms with Crippen LogP contribution in [-0.2, 0) is 31.1 Å². The van der Waals surface area contributed by atoms with Crippen LogP contribution in [0.25, 0.3) is 0 Å². The van der Waals surface area contributed by atoms with E-state index in [1.165, 1.54) is 23.3 Å². The molecule has 2 N–H and O–H groups in total. The van der Waals surface area contributed by atoms with Crippen molar-refractivity contribution in [3.05, 3.63) is 35.9 Å². The number of nitrogens with one attached hydrogen (secondary N) is 1. The summed E-state index contributed by atoms with van der Waals surface area (Å²) < 4.78 is 26.7. The molecule has 2 aliphatic heterocycles. The summed E-state index contributed by atoms with van der Waals surface area (Å²) in [6, 6.07) is 8.08. The average Bonchev–Trinajstić information content (AvgIpc) is 3.12. The summed E-state index contributed by atoms with van der Waals surface area (Å²) in [5, 5.41) is 13.8. The van der Waals surface area contributed by atoms with Gasteiger partial charge < -0.3 is 10.4 Å². The molecule has 0 bridgehead atoms. The molecule has 1 spiro atoms. The first-order valence-electron chi connectivity index (χ1n) is 10.6. The van der Waals surface area contributed by atoms with Crippen LogP contribution in [0.1, 0.15) is 25.3 Å². The smallest absolute Gasteiger partial charge is 0.269 e. The van der Waals surface area contributed by atoms with Crippen LogP contribution in [0.2, 0.25) is 0 Å². The van der Waals surface area contributed by atoms with Gasteiger partial charge in [0, 0.05) is 19.6 Å². The number of benzene rings is 1. The summed E-state index contributed by atoms with van der Waals surface area (Å²) in [5.74, 6) is -0.733. The lowest BCUT2D eigenvalue weighted by atomic mass is 9.89. The second-order valence-corrected chi connectivity index (χ2v) is 10.5. The molecule has 11 heteroatoms. The summed E-state index contributed by atoms with van der Waals surface area (Å²) in [6.45, 7) is 2.09. The predicted octanol–water partition coefficient (Wildman–Crippen LogP) is -0.450. The van der Waals surface area contributed by atoms with Gasteiger partial charge >= 0.3 is 0 Å². The predicted molar refractivity (Wildman–Crippen MR) is 118 cm³/mol. The Labute approximate surface area is 189 Å². The Balaban J connectivity index is 1.72. The van der Waals surface area contributed by atoms with Gasteiger partial charge in [-0.2, -0.15) is 4.31 Å². The fraction of sp³-hybridized carbons (Fsp3) is 0.619. The van der Waals surface area contributed by atoms with Crippen molar-refractivity contribution in [2.75, 3.05) is 33.4 Å². The second-order valence-electron chi connectivity index (χ2n) is 8.62. The van der Waals surface area contributed by atoms with Crippen molar-refractivity contribution in [3.63, 3.8) is 0 Å². The summed E-state index contributed by atoms with van der Waals surface area (Å²) in [7, 11) is -0.576. The molecule has 0 radical (unpaired) electrons. The van der Waals surface area contributed by atoms with Gasteiger partial charge in [-0.1, -0.05) is 30.3 Å². The molecule has 2 aliphatic rings. The Morgan fingerprint density at radius 3 is 2.56 bits per heavy atom. The van der Waals surface area contributed by atoms with Crippen LogP contribution < -0.4 is 5.32 Å². The first kappa shape index (κ1) is 24.6. The number of nitrogens with zero attached hydrogens (tertiary/aromatic N) is 3. The fourth-order valence-corrected chi connectivity index (χ4v) is 6.39. The Bertz CT molecular complexity index is 941. The number of aliphatic hydroxyl groups excluding tert-OH is 1. The Kier molecular flexibility index (Phi) is 7.25. The number of carbonyl (C=O) groups excluding carboxylic acids is 2. The normalized spacial score (nSPS) is 25.8. The van der Waals surface area contributed by atoms with Crippen LogP contribution in [0.15, 0.2) is 30.3 Å². The summed E-state index contributed by atoms with van der Waals surface area (Å²) in [5.41, 5.74) is -0.256. The number of hydrogen-bond acceptors (Lipinski definition) is 7. The van der Waals surface area contributed by atoms with Crippen LogP contribution in [0, 0.1) is 0 Å². The van der Waals surface area contributed by atoms with Crippen LogP contribution >= 0.6 is 0 Å². The molecular weight excluding hydrogens is 436 g/mol. The zero-order valence-electron chi connectivity index (χ0n) is 18.9. The van der Waals surface area contributed by atoms with E-state index in [9.17, 15) is 23.1 Å². The zero-order chi connectivity index (χ0) is 23.7. The lowest BCUT2D eigenvalue weighted by Crippen LogP contribution is -2.73. The molecule has 2 heterocycles. The molecule has 178 valence electrons. The quantitative estimate of drug-likeness (QED) is 0.471. The molecule has 0 aromatic heterocycles. The van der Waals surface area contributed by atoms with E-state index in [1.807, 2.05) is 30.3 Å². The van der Waals surface area contributed by atoms with Crippen molar-refractivity contribution >= 4 is 21.8 Å². The topological polar surface area (TPSA) is 119 Å². The lowest BCUT2D eigenvalue weighted by molar-refractivity contribution is -0.238. The number of hydrogen-bond donors (Lipinski definition) is 2. The molecule has 0 aliphatic carbocycles. The highest BCUT2D eigenvalue weighted by Crippen LogP contribution is 2.44. The fourth-order valence-electron chi connectivity index (χ4n) is 4.82. The van der Waals surface area contributed by atoms with Gasteiger partial charge in [0.2, 0.25) is 15.9 Å². The lowest BCUT2D eigenvalue weighted by Gasteiger charge is -2.50. The SMILES string of the molecule is CNC(=O)[C@H]([C@@H](C)O)N(C)CC1CCC2(CN(OCc3ccccc3)C2=O)N1S(C)(=O)=O. The first-order valence-corrected chi connectivity index (χ1v) is 12.4. The Hall–Kier alpha value is -2.05. The van der Waals surface area contributed by atoms with Gasteiger partial charge in [-0.15, -0.1) is 0 Å². The second kappa shape index (κ2) is 9.44. The molecule has 3 rings (SSSR count). The summed E-state index contributed by atoms with van der Waals surface area (Å²) >= 11 is 0. The van der Waals surface area contributed by atoms with Gasteiger partial charge in [0.15, 0.2) is 0 Å². The van der Waals surface area contributed by atoms with Gasteiger partial charge in [0.05, 0.1) is 18.9 Å². The molecule has 2 unspecified atom stereocenters. The highest BCUT2D eigenvalue weighted by atomic mass is 32.2. The maximum absolute atomic E-state index is 13.1. The average molecular weight is 469 g/mol. The number of aliphatic hydroxyl groups is 1. The third-order valence-electron chi connectivity index (χ3n) is 6.21. The van der Waals surface area contributed by atoms with E-state index in [-0.39, 0.29) is 31.5 Å². The van der Waals surface area contributed by atoms with Crippen molar-refractivity contribution < 1.29 is 28.0 Å². The van der Waals surface area contributed by atoms with Crippen LogP contribution in [0.4, 0.5) is 0 Å². The minimum absolute atomic E-state index is 0.154. The maximum Gasteiger partial charge on any atom is 0.269 e. The number of amides is 2. The van der Waals surface area contributed by atoms with Crippen molar-refractivity contribution in [2.45, 2.75) is 50.1 Å². The van der Waals surface area contributed by atoms with E-state index in [1.54, 1.807) is 11.9 Å². The Morgan fingerprint density at radius 2 is 2.03 bits per heavy atom. The molecule has 1 aromatic carbocycles. The number of likely N-dealkylation sites (N-methyl/N-ethyl adjacent to an activating group) is 2. The van der Waals surface area contributed by atoms with Crippen molar-refractivity contribution in [2.24, 2.45) is 0 Å². The molecule has 2 saturated heterocycles. The minimum atomic E-state index is -3.72. The van der Waals surface area contributed by atoms with E-state index in [0.717, 1.165) is 11.8 Å². The van der Waals surface area contributed by atoms with E-state index >= 15 is 0 Å². The summed E-state index contributed by atoms with van der Waals surface area (Å²) in [4.78, 5) is 32.5. The van der Waals surface area contributed by atoms with Crippen LogP contribution in [0.5, 0.6) is 0 Å². The molecular formula is C21H32N4O6S. The largest absolute Gasteiger partial charge is 0.391 e. The monoisotopic (exact) mass is 468 g/mol. The van der Waals surface area contributed by atoms with E-state index in [0.29, 0.717) is 12.8 Å². The third kappa shape index (κ3) is 4.67. The number of hydroxylamine groups is 2. The number of rotatable bonds is 9. The van der Waals surface area contributed by atoms with Gasteiger partial charge in [-0.05, 0) is 32.4 Å². The Morgan fingerprint density at radius 1 is 1.38 bits per heavy atom. The highest BCUT2D eigenvalue weighted by Gasteiger charge is 2.64. The molecule has 0 saturated carbocycles. The molecule has 2 fully saturated rings. The number of carbonyl (C=O) groups is 2. The number of sulfonamides is 1. The van der Waals surface area contributed by atoms with E-state index in [4.69, 9.17) is 4.84 Å². The minimum Gasteiger partial charge on any atom is -0.391 e. The van der Waals surface area contributed by atoms with Crippen LogP contribution in [-0.4, -0.2) is 96.8 Å². The van der Waals surface area contributed by atoms with Crippen molar-refractivity contribution in [3.8, 4) is 0 Å². The van der Waals surface area contributed by atoms with Crippen LogP contribution in [0.3, 0.4) is 0 Å². The highest BCUT2D eigenvalue weighted by molar-refractivity contribution is 7.88. The zero-order valence-corrected chi connectivity index (χ0v) is 19.7. The van der Waals surface area contributed by atoms with Gasteiger partial charge in [0.25, 0.3) is 5.91 Å². The van der Waals surface area contributed by atoms with E-state index < -0.39 is 33.7 Å². The maximum atomic E-state index is 13.1. The molecule has 1 aromatic rings. The molecule has 4 atom stereocenters. The van der Waals surface area contributed by atoms with Gasteiger partial charge in [-0.25, -0.2) is 13.5 Å². The standard InChI is InChI=1S/C21H32N4O6S/c1-15(26)18(19(27)22-2)23(3)12-17-10-11-21(25(17)32(4,29)30)14-24(20(21)28)31-13-16-8-6-5-7-9-16/h5-9,15,17-18,26H,10-14H2,1-4H3,(H,22,27)/t15-,17?,18+,21?/m1/s1. The van der Waals surface area contributed by atoms with Gasteiger partial charge in [0.1, 0.15) is 18.2 Å². The third-order valence-corrected chi connectivity index (χ3v) is 7.57. The first-order chi connectivity index (χ1) is 15.0. The summed E-state index contributed by atoms with van der Waals surface area (Å²) in [6.07, 6.45) is 0.991. The molecule has 10 nitrogen and oxygen atoms in total. The van der Waals surface area contributed by atoms with Gasteiger partial charge in [-0.3, -0.25) is 19.3 Å². The number of β-lactam (4-membered cyclic amide) rings is 1. The van der Waals surface area contributed by atoms with E-state index in [2.05, 4.69) is 5.32 Å². The van der Waals surface area contributed by atoms with Crippen molar-refractivity contribution in [1.82, 2.24) is 19.6 Å². The molecule has 32 heavy (non-hydrogen) atoms. The van der Waals surface area contributed by atoms with Crippen molar-refractivity contribution in [1.29, 1.82) is 0 Å². The molecule has 2 amide bonds.